The average Bonchev–Trinajstić information content (AvgIpc) is 2.86. The van der Waals surface area contributed by atoms with Gasteiger partial charge in [0.1, 0.15) is 6.23 Å². The van der Waals surface area contributed by atoms with Gasteiger partial charge in [-0.3, -0.25) is 4.99 Å². The number of hydrogen-bond donors (Lipinski definition) is 3. The van der Waals surface area contributed by atoms with Crippen LogP contribution in [0.5, 0.6) is 0 Å². The van der Waals surface area contributed by atoms with Gasteiger partial charge in [0, 0.05) is 0 Å². The maximum absolute atomic E-state index is 10.2. The molecular formula is C15H28N2O2S. The standard InChI is InChI=1S/C15H28N2O2S/c1-9(2)15(4)13(19)17-14(20-15)16-12-7-5-6-11(12)8-10(3)18/h9-13,18-19H,5-8H2,1-4H3,(H,16,17)/t10-,11-,12+,13?,15?/m1/s1. The fourth-order valence-electron chi connectivity index (χ4n) is 3.10. The van der Waals surface area contributed by atoms with Crippen LogP contribution in [0.25, 0.3) is 0 Å². The molecule has 20 heavy (non-hydrogen) atoms. The van der Waals surface area contributed by atoms with Crippen molar-refractivity contribution >= 4 is 16.9 Å². The molecule has 1 aliphatic carbocycles. The lowest BCUT2D eigenvalue weighted by atomic mass is 9.95. The summed E-state index contributed by atoms with van der Waals surface area (Å²) in [6.45, 7) is 8.20. The van der Waals surface area contributed by atoms with Gasteiger partial charge in [-0.25, -0.2) is 0 Å². The van der Waals surface area contributed by atoms with Crippen molar-refractivity contribution in [3.05, 3.63) is 0 Å². The number of aliphatic imine (C=N–C) groups is 1. The molecule has 2 fully saturated rings. The molecule has 0 aromatic carbocycles. The highest BCUT2D eigenvalue weighted by molar-refractivity contribution is 8.15. The van der Waals surface area contributed by atoms with E-state index in [0.717, 1.165) is 24.4 Å². The topological polar surface area (TPSA) is 64.9 Å². The zero-order chi connectivity index (χ0) is 14.9. The monoisotopic (exact) mass is 300 g/mol. The molecule has 1 saturated carbocycles. The van der Waals surface area contributed by atoms with Crippen LogP contribution >= 0.6 is 11.8 Å². The van der Waals surface area contributed by atoms with Crippen molar-refractivity contribution in [3.63, 3.8) is 0 Å². The van der Waals surface area contributed by atoms with Crippen LogP contribution in [-0.4, -0.2) is 38.5 Å². The van der Waals surface area contributed by atoms with E-state index in [1.807, 2.05) is 6.92 Å². The fourth-order valence-corrected chi connectivity index (χ4v) is 4.28. The van der Waals surface area contributed by atoms with Crippen molar-refractivity contribution < 1.29 is 10.2 Å². The minimum Gasteiger partial charge on any atom is -0.393 e. The van der Waals surface area contributed by atoms with E-state index in [0.29, 0.717) is 17.9 Å². The first kappa shape index (κ1) is 16.1. The Balaban J connectivity index is 2.05. The van der Waals surface area contributed by atoms with Gasteiger partial charge in [-0.2, -0.15) is 0 Å². The number of aliphatic hydroxyl groups excluding tert-OH is 2. The Bertz CT molecular complexity index is 373. The van der Waals surface area contributed by atoms with Crippen molar-refractivity contribution in [2.45, 2.75) is 76.5 Å². The normalized spacial score (nSPS) is 41.4. The molecule has 0 spiro atoms. The third kappa shape index (κ3) is 3.31. The van der Waals surface area contributed by atoms with E-state index < -0.39 is 6.23 Å². The van der Waals surface area contributed by atoms with E-state index >= 15 is 0 Å². The summed E-state index contributed by atoms with van der Waals surface area (Å²) in [4.78, 5) is 4.84. The summed E-state index contributed by atoms with van der Waals surface area (Å²) in [5.41, 5.74) is 0. The molecule has 0 bridgehead atoms. The van der Waals surface area contributed by atoms with Crippen LogP contribution in [0.1, 0.15) is 53.4 Å². The first-order valence-corrected chi connectivity index (χ1v) is 8.54. The molecule has 0 aromatic rings. The van der Waals surface area contributed by atoms with Crippen molar-refractivity contribution in [2.75, 3.05) is 0 Å². The molecule has 4 nitrogen and oxygen atoms in total. The quantitative estimate of drug-likeness (QED) is 0.746. The summed E-state index contributed by atoms with van der Waals surface area (Å²) in [6.07, 6.45) is 3.47. The second kappa shape index (κ2) is 6.24. The van der Waals surface area contributed by atoms with E-state index in [1.165, 1.54) is 6.42 Å². The molecule has 2 unspecified atom stereocenters. The SMILES string of the molecule is CC(C)C1(C)SC(=N[C@H]2CCC[C@@H]2C[C@@H](C)O)NC1O. The fraction of sp³-hybridized carbons (Fsp3) is 0.933. The van der Waals surface area contributed by atoms with E-state index in [9.17, 15) is 10.2 Å². The third-order valence-corrected chi connectivity index (χ3v) is 6.36. The van der Waals surface area contributed by atoms with Gasteiger partial charge in [0.25, 0.3) is 0 Å². The van der Waals surface area contributed by atoms with Crippen LogP contribution in [0.2, 0.25) is 0 Å². The number of nitrogens with one attached hydrogen (secondary N) is 1. The van der Waals surface area contributed by atoms with Crippen LogP contribution < -0.4 is 5.32 Å². The van der Waals surface area contributed by atoms with E-state index in [4.69, 9.17) is 4.99 Å². The Morgan fingerprint density at radius 2 is 2.10 bits per heavy atom. The highest BCUT2D eigenvalue weighted by Crippen LogP contribution is 2.41. The summed E-state index contributed by atoms with van der Waals surface area (Å²) in [6, 6.07) is 0.293. The summed E-state index contributed by atoms with van der Waals surface area (Å²) < 4.78 is -0.211. The lowest BCUT2D eigenvalue weighted by molar-refractivity contribution is 0.106. The van der Waals surface area contributed by atoms with Crippen molar-refractivity contribution in [1.29, 1.82) is 0 Å². The number of rotatable bonds is 4. The molecule has 5 heteroatoms. The molecule has 5 atom stereocenters. The number of aliphatic hydroxyl groups is 2. The molecule has 0 aromatic heterocycles. The molecule has 0 radical (unpaired) electrons. The molecule has 116 valence electrons. The van der Waals surface area contributed by atoms with Gasteiger partial charge in [-0.1, -0.05) is 32.0 Å². The van der Waals surface area contributed by atoms with E-state index in [2.05, 4.69) is 26.1 Å². The van der Waals surface area contributed by atoms with Gasteiger partial charge < -0.3 is 15.5 Å². The van der Waals surface area contributed by atoms with Crippen LogP contribution in [0.4, 0.5) is 0 Å². The molecule has 3 N–H and O–H groups in total. The zero-order valence-corrected chi connectivity index (χ0v) is 13.8. The lowest BCUT2D eigenvalue weighted by Gasteiger charge is -2.29. The average molecular weight is 300 g/mol. The first-order valence-electron chi connectivity index (χ1n) is 7.72. The van der Waals surface area contributed by atoms with E-state index in [-0.39, 0.29) is 10.9 Å². The highest BCUT2D eigenvalue weighted by atomic mass is 32.2. The van der Waals surface area contributed by atoms with Crippen LogP contribution in [0.3, 0.4) is 0 Å². The maximum Gasteiger partial charge on any atom is 0.159 e. The van der Waals surface area contributed by atoms with Crippen LogP contribution in [0.15, 0.2) is 4.99 Å². The summed E-state index contributed by atoms with van der Waals surface area (Å²) in [5.74, 6) is 0.854. The minimum atomic E-state index is -0.539. The van der Waals surface area contributed by atoms with Crippen LogP contribution in [-0.2, 0) is 0 Å². The summed E-state index contributed by atoms with van der Waals surface area (Å²) in [7, 11) is 0. The Labute approximate surface area is 126 Å². The number of thioether (sulfide) groups is 1. The Morgan fingerprint density at radius 1 is 1.40 bits per heavy atom. The largest absolute Gasteiger partial charge is 0.393 e. The second-order valence-electron chi connectivity index (χ2n) is 6.76. The number of hydrogen-bond acceptors (Lipinski definition) is 4. The van der Waals surface area contributed by atoms with Gasteiger partial charge >= 0.3 is 0 Å². The Hall–Kier alpha value is -0.260. The molecule has 1 heterocycles. The molecule has 1 aliphatic heterocycles. The number of amidine groups is 1. The Morgan fingerprint density at radius 3 is 2.65 bits per heavy atom. The van der Waals surface area contributed by atoms with Gasteiger partial charge in [-0.05, 0) is 44.9 Å². The first-order chi connectivity index (χ1) is 9.33. The van der Waals surface area contributed by atoms with Gasteiger partial charge in [0.15, 0.2) is 5.17 Å². The lowest BCUT2D eigenvalue weighted by Crippen LogP contribution is -2.42. The molecule has 2 aliphatic rings. The number of nitrogens with zero attached hydrogens (tertiary/aromatic N) is 1. The highest BCUT2D eigenvalue weighted by Gasteiger charge is 2.45. The van der Waals surface area contributed by atoms with E-state index in [1.54, 1.807) is 11.8 Å². The van der Waals surface area contributed by atoms with Crippen molar-refractivity contribution in [2.24, 2.45) is 16.8 Å². The predicted molar refractivity (Wildman–Crippen MR) is 84.8 cm³/mol. The van der Waals surface area contributed by atoms with Crippen LogP contribution in [0, 0.1) is 11.8 Å². The molecule has 0 amide bonds. The zero-order valence-electron chi connectivity index (χ0n) is 13.0. The Kier molecular flexibility index (Phi) is 5.03. The predicted octanol–water partition coefficient (Wildman–Crippen LogP) is 2.35. The molecule has 2 rings (SSSR count). The van der Waals surface area contributed by atoms with Crippen molar-refractivity contribution in [3.8, 4) is 0 Å². The second-order valence-corrected chi connectivity index (χ2v) is 8.24. The summed E-state index contributed by atoms with van der Waals surface area (Å²) >= 11 is 1.66. The smallest absolute Gasteiger partial charge is 0.159 e. The maximum atomic E-state index is 10.2. The summed E-state index contributed by atoms with van der Waals surface area (Å²) in [5, 5.41) is 23.8. The van der Waals surface area contributed by atoms with Crippen molar-refractivity contribution in [1.82, 2.24) is 5.32 Å². The molecule has 1 saturated heterocycles. The van der Waals surface area contributed by atoms with Gasteiger partial charge in [0.05, 0.1) is 16.9 Å². The molecular weight excluding hydrogens is 272 g/mol. The minimum absolute atomic E-state index is 0.211. The third-order valence-electron chi connectivity index (χ3n) is 4.81. The van der Waals surface area contributed by atoms with Gasteiger partial charge in [-0.15, -0.1) is 0 Å². The van der Waals surface area contributed by atoms with Gasteiger partial charge in [0.2, 0.25) is 0 Å².